The fourth-order valence-electron chi connectivity index (χ4n) is 1.98. The summed E-state index contributed by atoms with van der Waals surface area (Å²) < 4.78 is 1.81. The highest BCUT2D eigenvalue weighted by Crippen LogP contribution is 2.49. The Balaban J connectivity index is 2.31. The van der Waals surface area contributed by atoms with Crippen molar-refractivity contribution in [3.05, 3.63) is 16.4 Å². The highest BCUT2D eigenvalue weighted by Gasteiger charge is 2.51. The fraction of sp³-hybridized carbons (Fsp3) is 0.636. The van der Waals surface area contributed by atoms with Crippen LogP contribution in [0.1, 0.15) is 31.2 Å². The van der Waals surface area contributed by atoms with Gasteiger partial charge in [0, 0.05) is 13.0 Å². The standard InChI is InChI=1S/C11H15ClN2O2/c1-3-14-8(9(12)7(2)13-14)6-11(4-5-11)10(15)16/h3-6H2,1-2H3,(H,15,16). The second-order valence-corrected chi connectivity index (χ2v) is 4.80. The molecular weight excluding hydrogens is 228 g/mol. The van der Waals surface area contributed by atoms with E-state index in [1.165, 1.54) is 0 Å². The minimum Gasteiger partial charge on any atom is -0.481 e. The van der Waals surface area contributed by atoms with E-state index in [0.717, 1.165) is 30.8 Å². The lowest BCUT2D eigenvalue weighted by atomic mass is 10.0. The SMILES string of the molecule is CCn1nc(C)c(Cl)c1CC1(C(=O)O)CC1. The van der Waals surface area contributed by atoms with Crippen LogP contribution in [0.15, 0.2) is 0 Å². The van der Waals surface area contributed by atoms with E-state index in [0.29, 0.717) is 11.4 Å². The summed E-state index contributed by atoms with van der Waals surface area (Å²) in [5, 5.41) is 14.1. The van der Waals surface area contributed by atoms with Crippen LogP contribution in [-0.2, 0) is 17.8 Å². The number of aromatic nitrogens is 2. The van der Waals surface area contributed by atoms with Crippen molar-refractivity contribution in [2.75, 3.05) is 0 Å². The maximum absolute atomic E-state index is 11.1. The van der Waals surface area contributed by atoms with E-state index in [9.17, 15) is 4.79 Å². The van der Waals surface area contributed by atoms with Crippen LogP contribution in [0, 0.1) is 12.3 Å². The summed E-state index contributed by atoms with van der Waals surface area (Å²) in [5.74, 6) is -0.718. The first-order valence-corrected chi connectivity index (χ1v) is 5.83. The fourth-order valence-corrected chi connectivity index (χ4v) is 2.18. The number of nitrogens with zero attached hydrogens (tertiary/aromatic N) is 2. The molecule has 0 atom stereocenters. The average molecular weight is 243 g/mol. The Morgan fingerprint density at radius 2 is 2.25 bits per heavy atom. The molecule has 0 bridgehead atoms. The van der Waals surface area contributed by atoms with Crippen LogP contribution >= 0.6 is 11.6 Å². The maximum Gasteiger partial charge on any atom is 0.310 e. The molecule has 1 fully saturated rings. The molecule has 1 aromatic rings. The Labute approximate surface area is 99.2 Å². The summed E-state index contributed by atoms with van der Waals surface area (Å²) in [6.45, 7) is 4.55. The van der Waals surface area contributed by atoms with Gasteiger partial charge in [0.15, 0.2) is 0 Å². The zero-order chi connectivity index (χ0) is 11.9. The summed E-state index contributed by atoms with van der Waals surface area (Å²) in [6, 6.07) is 0. The number of hydrogen-bond acceptors (Lipinski definition) is 2. The molecule has 2 rings (SSSR count). The van der Waals surface area contributed by atoms with Gasteiger partial charge < -0.3 is 5.11 Å². The van der Waals surface area contributed by atoms with E-state index in [4.69, 9.17) is 16.7 Å². The van der Waals surface area contributed by atoms with Crippen LogP contribution in [0.3, 0.4) is 0 Å². The molecule has 0 amide bonds. The summed E-state index contributed by atoms with van der Waals surface area (Å²) >= 11 is 6.15. The van der Waals surface area contributed by atoms with Gasteiger partial charge in [-0.15, -0.1) is 0 Å². The van der Waals surface area contributed by atoms with E-state index < -0.39 is 11.4 Å². The van der Waals surface area contributed by atoms with Crippen LogP contribution in [-0.4, -0.2) is 20.9 Å². The molecule has 1 N–H and O–H groups in total. The number of carboxylic acid groups (broad SMARTS) is 1. The minimum atomic E-state index is -0.718. The van der Waals surface area contributed by atoms with E-state index in [1.807, 2.05) is 13.8 Å². The highest BCUT2D eigenvalue weighted by atomic mass is 35.5. The lowest BCUT2D eigenvalue weighted by Gasteiger charge is -2.11. The first kappa shape index (κ1) is 11.5. The third-order valence-corrected chi connectivity index (χ3v) is 3.76. The van der Waals surface area contributed by atoms with Gasteiger partial charge in [-0.1, -0.05) is 11.6 Å². The molecule has 1 heterocycles. The quantitative estimate of drug-likeness (QED) is 0.881. The Morgan fingerprint density at radius 1 is 1.62 bits per heavy atom. The molecule has 0 aliphatic heterocycles. The molecule has 0 aromatic carbocycles. The lowest BCUT2D eigenvalue weighted by molar-refractivity contribution is -0.143. The molecule has 16 heavy (non-hydrogen) atoms. The molecule has 4 nitrogen and oxygen atoms in total. The van der Waals surface area contributed by atoms with Crippen LogP contribution in [0.4, 0.5) is 0 Å². The first-order valence-electron chi connectivity index (χ1n) is 5.45. The number of rotatable bonds is 4. The van der Waals surface area contributed by atoms with Gasteiger partial charge in [0.05, 0.1) is 21.8 Å². The molecule has 88 valence electrons. The third-order valence-electron chi connectivity index (χ3n) is 3.27. The zero-order valence-corrected chi connectivity index (χ0v) is 10.2. The van der Waals surface area contributed by atoms with Crippen molar-refractivity contribution in [1.82, 2.24) is 9.78 Å². The first-order chi connectivity index (χ1) is 7.50. The van der Waals surface area contributed by atoms with E-state index in [-0.39, 0.29) is 0 Å². The lowest BCUT2D eigenvalue weighted by Crippen LogP contribution is -2.20. The Hall–Kier alpha value is -1.03. The van der Waals surface area contributed by atoms with Crippen molar-refractivity contribution in [2.45, 2.75) is 39.7 Å². The van der Waals surface area contributed by atoms with Crippen LogP contribution < -0.4 is 0 Å². The smallest absolute Gasteiger partial charge is 0.310 e. The number of carboxylic acids is 1. The number of aryl methyl sites for hydroxylation is 2. The summed E-state index contributed by atoms with van der Waals surface area (Å²) in [5.41, 5.74) is 1.06. The van der Waals surface area contributed by atoms with Gasteiger partial charge in [0.2, 0.25) is 0 Å². The second-order valence-electron chi connectivity index (χ2n) is 4.42. The average Bonchev–Trinajstić information content (AvgIpc) is 2.97. The third kappa shape index (κ3) is 1.71. The Morgan fingerprint density at radius 3 is 2.69 bits per heavy atom. The number of carbonyl (C=O) groups is 1. The molecule has 1 saturated carbocycles. The molecular formula is C11H15ClN2O2. The van der Waals surface area contributed by atoms with Crippen molar-refractivity contribution >= 4 is 17.6 Å². The van der Waals surface area contributed by atoms with E-state index in [2.05, 4.69) is 5.10 Å². The van der Waals surface area contributed by atoms with Crippen LogP contribution in [0.5, 0.6) is 0 Å². The topological polar surface area (TPSA) is 55.1 Å². The van der Waals surface area contributed by atoms with Gasteiger partial charge in [-0.2, -0.15) is 5.10 Å². The minimum absolute atomic E-state index is 0.496. The second kappa shape index (κ2) is 3.77. The summed E-state index contributed by atoms with van der Waals surface area (Å²) in [4.78, 5) is 11.1. The number of hydrogen-bond donors (Lipinski definition) is 1. The predicted molar refractivity (Wildman–Crippen MR) is 60.7 cm³/mol. The van der Waals surface area contributed by atoms with Crippen molar-refractivity contribution in [1.29, 1.82) is 0 Å². The van der Waals surface area contributed by atoms with Crippen molar-refractivity contribution < 1.29 is 9.90 Å². The maximum atomic E-state index is 11.1. The van der Waals surface area contributed by atoms with Gasteiger partial charge in [-0.05, 0) is 26.7 Å². The van der Waals surface area contributed by atoms with Crippen LogP contribution in [0.25, 0.3) is 0 Å². The zero-order valence-electron chi connectivity index (χ0n) is 9.46. The van der Waals surface area contributed by atoms with E-state index >= 15 is 0 Å². The van der Waals surface area contributed by atoms with Crippen molar-refractivity contribution in [3.63, 3.8) is 0 Å². The molecule has 5 heteroatoms. The summed E-state index contributed by atoms with van der Waals surface area (Å²) in [7, 11) is 0. The highest BCUT2D eigenvalue weighted by molar-refractivity contribution is 6.31. The van der Waals surface area contributed by atoms with Gasteiger partial charge in [0.1, 0.15) is 0 Å². The van der Waals surface area contributed by atoms with E-state index in [1.54, 1.807) is 4.68 Å². The van der Waals surface area contributed by atoms with Gasteiger partial charge in [-0.25, -0.2) is 0 Å². The molecule has 0 spiro atoms. The molecule has 0 unspecified atom stereocenters. The molecule has 1 aromatic heterocycles. The molecule has 0 saturated heterocycles. The number of aliphatic carboxylic acids is 1. The predicted octanol–water partition coefficient (Wildman–Crippen LogP) is 2.27. The van der Waals surface area contributed by atoms with Gasteiger partial charge in [0.25, 0.3) is 0 Å². The molecule has 0 radical (unpaired) electrons. The Kier molecular flexibility index (Phi) is 2.70. The normalized spacial score (nSPS) is 17.4. The van der Waals surface area contributed by atoms with Crippen molar-refractivity contribution in [3.8, 4) is 0 Å². The monoisotopic (exact) mass is 242 g/mol. The largest absolute Gasteiger partial charge is 0.481 e. The van der Waals surface area contributed by atoms with Crippen LogP contribution in [0.2, 0.25) is 5.02 Å². The molecule has 1 aliphatic rings. The summed E-state index contributed by atoms with van der Waals surface area (Å²) in [6.07, 6.45) is 1.98. The Bertz CT molecular complexity index is 435. The molecule has 1 aliphatic carbocycles. The van der Waals surface area contributed by atoms with Gasteiger partial charge in [-0.3, -0.25) is 9.48 Å². The van der Waals surface area contributed by atoms with Gasteiger partial charge >= 0.3 is 5.97 Å². The van der Waals surface area contributed by atoms with Crippen molar-refractivity contribution in [2.24, 2.45) is 5.41 Å². The number of halogens is 1.